The van der Waals surface area contributed by atoms with Crippen LogP contribution in [0.15, 0.2) is 66.9 Å². The van der Waals surface area contributed by atoms with Crippen molar-refractivity contribution in [3.05, 3.63) is 83.6 Å². The highest BCUT2D eigenvalue weighted by Crippen LogP contribution is 2.47. The number of hydrogen-bond donors (Lipinski definition) is 1. The van der Waals surface area contributed by atoms with E-state index in [0.29, 0.717) is 19.4 Å². The van der Waals surface area contributed by atoms with Crippen molar-refractivity contribution in [3.8, 4) is 11.3 Å². The molecule has 3 aromatic rings. The molecular weight excluding hydrogens is 427 g/mol. The summed E-state index contributed by atoms with van der Waals surface area (Å²) in [6.07, 6.45) is -2.22. The highest BCUT2D eigenvalue weighted by atomic mass is 19.4. The van der Waals surface area contributed by atoms with Crippen molar-refractivity contribution in [2.45, 2.75) is 43.9 Å². The van der Waals surface area contributed by atoms with E-state index >= 15 is 0 Å². The summed E-state index contributed by atoms with van der Waals surface area (Å²) in [5.41, 5.74) is 6.45. The molecule has 4 nitrogen and oxygen atoms in total. The summed E-state index contributed by atoms with van der Waals surface area (Å²) < 4.78 is 38.5. The third kappa shape index (κ3) is 3.96. The van der Waals surface area contributed by atoms with E-state index in [1.54, 1.807) is 6.20 Å². The Kier molecular flexibility index (Phi) is 5.35. The molecular formula is C26H24F3N3O. The van der Waals surface area contributed by atoms with Crippen LogP contribution in [0, 0.1) is 0 Å². The van der Waals surface area contributed by atoms with E-state index in [0.717, 1.165) is 28.1 Å². The van der Waals surface area contributed by atoms with Crippen molar-refractivity contribution in [2.24, 2.45) is 0 Å². The Balaban J connectivity index is 1.55. The highest BCUT2D eigenvalue weighted by molar-refractivity contribution is 5.82. The Labute approximate surface area is 190 Å². The van der Waals surface area contributed by atoms with E-state index in [-0.39, 0.29) is 12.0 Å². The van der Waals surface area contributed by atoms with Crippen LogP contribution >= 0.6 is 0 Å². The summed E-state index contributed by atoms with van der Waals surface area (Å²) in [7, 11) is 0. The molecule has 0 spiro atoms. The SMILES string of the molecule is C[C@@H]1c2ccccc2[C@H]2C[C@H](NC(=O)C(F)(F)F)CCN2c2ccc(-c3ccccn3)cc21. The van der Waals surface area contributed by atoms with Crippen molar-refractivity contribution in [3.63, 3.8) is 0 Å². The number of fused-ring (bicyclic) bond motifs is 5. The van der Waals surface area contributed by atoms with Crippen molar-refractivity contribution >= 4 is 11.6 Å². The van der Waals surface area contributed by atoms with Gasteiger partial charge in [0, 0.05) is 36.0 Å². The number of benzene rings is 2. The van der Waals surface area contributed by atoms with Gasteiger partial charge in [-0.1, -0.05) is 43.3 Å². The van der Waals surface area contributed by atoms with E-state index in [4.69, 9.17) is 0 Å². The summed E-state index contributed by atoms with van der Waals surface area (Å²) in [4.78, 5) is 18.3. The van der Waals surface area contributed by atoms with E-state index in [9.17, 15) is 18.0 Å². The number of aromatic nitrogens is 1. The van der Waals surface area contributed by atoms with Crippen molar-refractivity contribution in [1.82, 2.24) is 10.3 Å². The monoisotopic (exact) mass is 451 g/mol. The number of nitrogens with one attached hydrogen (secondary N) is 1. The van der Waals surface area contributed by atoms with Crippen LogP contribution in [0.4, 0.5) is 18.9 Å². The first-order valence-electron chi connectivity index (χ1n) is 11.1. The average molecular weight is 451 g/mol. The Hall–Kier alpha value is -3.35. The molecule has 3 atom stereocenters. The number of amides is 1. The van der Waals surface area contributed by atoms with Gasteiger partial charge < -0.3 is 10.2 Å². The molecule has 0 radical (unpaired) electrons. The van der Waals surface area contributed by atoms with Crippen molar-refractivity contribution in [1.29, 1.82) is 0 Å². The van der Waals surface area contributed by atoms with Crippen LogP contribution < -0.4 is 10.2 Å². The predicted octanol–water partition coefficient (Wildman–Crippen LogP) is 5.60. The zero-order valence-corrected chi connectivity index (χ0v) is 18.1. The smallest absolute Gasteiger partial charge is 0.364 e. The maximum Gasteiger partial charge on any atom is 0.471 e. The van der Waals surface area contributed by atoms with Gasteiger partial charge in [-0.25, -0.2) is 0 Å². The van der Waals surface area contributed by atoms with Crippen LogP contribution in [0.2, 0.25) is 0 Å². The number of anilines is 1. The minimum absolute atomic E-state index is 0.105. The van der Waals surface area contributed by atoms with Gasteiger partial charge in [-0.3, -0.25) is 9.78 Å². The molecule has 5 rings (SSSR count). The Morgan fingerprint density at radius 3 is 2.52 bits per heavy atom. The van der Waals surface area contributed by atoms with Gasteiger partial charge in [-0.2, -0.15) is 13.2 Å². The number of hydrogen-bond acceptors (Lipinski definition) is 3. The summed E-state index contributed by atoms with van der Waals surface area (Å²) in [6, 6.07) is 19.6. The quantitative estimate of drug-likeness (QED) is 0.552. The normalized spacial score (nSPS) is 21.9. The maximum atomic E-state index is 12.8. The summed E-state index contributed by atoms with van der Waals surface area (Å²) >= 11 is 0. The average Bonchev–Trinajstić information content (AvgIpc) is 2.92. The zero-order valence-electron chi connectivity index (χ0n) is 18.1. The van der Waals surface area contributed by atoms with E-state index in [2.05, 4.69) is 52.5 Å². The summed E-state index contributed by atoms with van der Waals surface area (Å²) in [5.74, 6) is -1.76. The van der Waals surface area contributed by atoms with Gasteiger partial charge in [-0.15, -0.1) is 0 Å². The molecule has 7 heteroatoms. The fourth-order valence-electron chi connectivity index (χ4n) is 5.18. The maximum absolute atomic E-state index is 12.8. The minimum Gasteiger partial charge on any atom is -0.364 e. The second-order valence-electron chi connectivity index (χ2n) is 8.74. The van der Waals surface area contributed by atoms with Crippen LogP contribution in [0.5, 0.6) is 0 Å². The Morgan fingerprint density at radius 1 is 1.03 bits per heavy atom. The molecule has 2 aromatic carbocycles. The van der Waals surface area contributed by atoms with Gasteiger partial charge in [0.25, 0.3) is 0 Å². The molecule has 1 saturated heterocycles. The lowest BCUT2D eigenvalue weighted by Gasteiger charge is -2.41. The van der Waals surface area contributed by atoms with Crippen LogP contribution in [0.1, 0.15) is 48.4 Å². The second-order valence-corrected chi connectivity index (χ2v) is 8.74. The third-order valence-corrected chi connectivity index (χ3v) is 6.78. The first kappa shape index (κ1) is 21.5. The molecule has 1 N–H and O–H groups in total. The lowest BCUT2D eigenvalue weighted by atomic mass is 9.86. The Morgan fingerprint density at radius 2 is 1.79 bits per heavy atom. The topological polar surface area (TPSA) is 45.2 Å². The van der Waals surface area contributed by atoms with Crippen LogP contribution in [-0.4, -0.2) is 29.7 Å². The van der Waals surface area contributed by atoms with Gasteiger partial charge in [0.05, 0.1) is 11.7 Å². The molecule has 170 valence electrons. The van der Waals surface area contributed by atoms with Gasteiger partial charge in [0.15, 0.2) is 0 Å². The first-order valence-corrected chi connectivity index (χ1v) is 11.1. The molecule has 1 fully saturated rings. The Bertz CT molecular complexity index is 1180. The van der Waals surface area contributed by atoms with E-state index < -0.39 is 18.1 Å². The molecule has 2 aliphatic rings. The third-order valence-electron chi connectivity index (χ3n) is 6.78. The molecule has 1 amide bonds. The predicted molar refractivity (Wildman–Crippen MR) is 121 cm³/mol. The van der Waals surface area contributed by atoms with E-state index in [1.807, 2.05) is 30.3 Å². The number of carbonyl (C=O) groups is 1. The summed E-state index contributed by atoms with van der Waals surface area (Å²) in [5, 5.41) is 2.21. The van der Waals surface area contributed by atoms with Crippen molar-refractivity contribution in [2.75, 3.05) is 11.4 Å². The molecule has 2 aliphatic heterocycles. The number of rotatable bonds is 2. The second kappa shape index (κ2) is 8.21. The van der Waals surface area contributed by atoms with Crippen LogP contribution in [-0.2, 0) is 4.79 Å². The van der Waals surface area contributed by atoms with Gasteiger partial charge >= 0.3 is 12.1 Å². The summed E-state index contributed by atoms with van der Waals surface area (Å²) in [6.45, 7) is 2.73. The number of piperidine rings is 1. The lowest BCUT2D eigenvalue weighted by molar-refractivity contribution is -0.174. The fraction of sp³-hybridized carbons (Fsp3) is 0.308. The number of carbonyl (C=O) groups excluding carboxylic acids is 1. The largest absolute Gasteiger partial charge is 0.471 e. The number of alkyl halides is 3. The molecule has 0 bridgehead atoms. The van der Waals surface area contributed by atoms with Crippen molar-refractivity contribution < 1.29 is 18.0 Å². The molecule has 33 heavy (non-hydrogen) atoms. The number of nitrogens with zero attached hydrogens (tertiary/aromatic N) is 2. The molecule has 3 heterocycles. The van der Waals surface area contributed by atoms with Crippen LogP contribution in [0.3, 0.4) is 0 Å². The standard InChI is InChI=1S/C26H24F3N3O/c1-16-19-6-2-3-7-20(19)24-15-18(31-25(33)26(27,28)29)11-13-32(24)23-10-9-17(14-21(16)23)22-8-4-5-12-30-22/h2-10,12,14,16,18,24H,11,13,15H2,1H3,(H,31,33)/t16-,18-,24-/m1/s1. The molecule has 1 aromatic heterocycles. The van der Waals surface area contributed by atoms with Gasteiger partial charge in [0.2, 0.25) is 0 Å². The minimum atomic E-state index is -4.87. The highest BCUT2D eigenvalue weighted by Gasteiger charge is 2.42. The number of halogens is 3. The van der Waals surface area contributed by atoms with Gasteiger partial charge in [-0.05, 0) is 53.8 Å². The number of pyridine rings is 1. The molecule has 0 aliphatic carbocycles. The first-order chi connectivity index (χ1) is 15.8. The van der Waals surface area contributed by atoms with Gasteiger partial charge in [0.1, 0.15) is 0 Å². The lowest BCUT2D eigenvalue weighted by Crippen LogP contribution is -2.49. The van der Waals surface area contributed by atoms with E-state index in [1.165, 1.54) is 5.56 Å². The molecule has 0 saturated carbocycles. The zero-order chi connectivity index (χ0) is 23.2. The molecule has 0 unspecified atom stereocenters. The van der Waals surface area contributed by atoms with Crippen LogP contribution in [0.25, 0.3) is 11.3 Å². The fourth-order valence-corrected chi connectivity index (χ4v) is 5.18.